The van der Waals surface area contributed by atoms with E-state index in [0.29, 0.717) is 21.6 Å². The van der Waals surface area contributed by atoms with Crippen LogP contribution in [-0.2, 0) is 21.7 Å². The fraction of sp³-hybridized carbons (Fsp3) is 0.176. The van der Waals surface area contributed by atoms with Gasteiger partial charge in [-0.2, -0.15) is 0 Å². The Bertz CT molecular complexity index is 970. The van der Waals surface area contributed by atoms with E-state index in [9.17, 15) is 9.59 Å². The van der Waals surface area contributed by atoms with Crippen molar-refractivity contribution in [2.45, 2.75) is 17.3 Å². The molecule has 0 amide bonds. The summed E-state index contributed by atoms with van der Waals surface area (Å²) in [7, 11) is 1.30. The van der Waals surface area contributed by atoms with Crippen molar-refractivity contribution in [3.63, 3.8) is 0 Å². The van der Waals surface area contributed by atoms with Gasteiger partial charge < -0.3 is 9.72 Å². The van der Waals surface area contributed by atoms with E-state index in [2.05, 4.69) is 19.7 Å². The van der Waals surface area contributed by atoms with Gasteiger partial charge in [-0.15, -0.1) is 11.3 Å². The molecule has 0 atom stereocenters. The average Bonchev–Trinajstić information content (AvgIpc) is 3.09. The molecule has 0 unspecified atom stereocenters. The van der Waals surface area contributed by atoms with E-state index in [-0.39, 0.29) is 12.0 Å². The van der Waals surface area contributed by atoms with Crippen LogP contribution in [0, 0.1) is 0 Å². The molecular formula is C17H14ClN3O3S2. The zero-order valence-corrected chi connectivity index (χ0v) is 16.1. The van der Waals surface area contributed by atoms with Crippen LogP contribution in [0.1, 0.15) is 11.4 Å². The van der Waals surface area contributed by atoms with Gasteiger partial charge in [-0.1, -0.05) is 35.5 Å². The van der Waals surface area contributed by atoms with Crippen molar-refractivity contribution in [1.82, 2.24) is 15.0 Å². The van der Waals surface area contributed by atoms with Crippen molar-refractivity contribution in [2.24, 2.45) is 0 Å². The molecule has 0 aliphatic carbocycles. The van der Waals surface area contributed by atoms with Crippen LogP contribution in [0.25, 0.3) is 10.6 Å². The van der Waals surface area contributed by atoms with Crippen molar-refractivity contribution in [1.29, 1.82) is 0 Å². The molecule has 9 heteroatoms. The highest BCUT2D eigenvalue weighted by Gasteiger charge is 2.10. The molecule has 3 rings (SSSR count). The predicted octanol–water partition coefficient (Wildman–Crippen LogP) is 3.55. The Morgan fingerprint density at radius 2 is 2.04 bits per heavy atom. The summed E-state index contributed by atoms with van der Waals surface area (Å²) >= 11 is 8.80. The van der Waals surface area contributed by atoms with E-state index < -0.39 is 5.97 Å². The predicted molar refractivity (Wildman–Crippen MR) is 103 cm³/mol. The third kappa shape index (κ3) is 4.94. The van der Waals surface area contributed by atoms with Crippen LogP contribution in [0.4, 0.5) is 0 Å². The number of rotatable bonds is 6. The van der Waals surface area contributed by atoms with Gasteiger partial charge in [0.1, 0.15) is 5.01 Å². The fourth-order valence-electron chi connectivity index (χ4n) is 2.10. The van der Waals surface area contributed by atoms with E-state index >= 15 is 0 Å². The van der Waals surface area contributed by atoms with Crippen LogP contribution in [0.15, 0.2) is 45.7 Å². The Labute approximate surface area is 162 Å². The second-order valence-electron chi connectivity index (χ2n) is 5.23. The molecule has 0 aliphatic heterocycles. The molecule has 0 saturated carbocycles. The summed E-state index contributed by atoms with van der Waals surface area (Å²) in [5.74, 6) is 0.112. The Balaban J connectivity index is 1.68. The lowest BCUT2D eigenvalue weighted by atomic mass is 10.2. The van der Waals surface area contributed by atoms with E-state index in [1.54, 1.807) is 11.3 Å². The summed E-state index contributed by atoms with van der Waals surface area (Å²) < 4.78 is 4.60. The molecule has 26 heavy (non-hydrogen) atoms. The third-order valence-corrected chi connectivity index (χ3v) is 5.42. The van der Waals surface area contributed by atoms with Gasteiger partial charge in [0.05, 0.1) is 24.9 Å². The average molecular weight is 408 g/mol. The number of thioether (sulfide) groups is 1. The molecule has 1 N–H and O–H groups in total. The maximum absolute atomic E-state index is 11.7. The number of thiazole rings is 1. The fourth-order valence-corrected chi connectivity index (χ4v) is 3.95. The molecule has 0 bridgehead atoms. The topological polar surface area (TPSA) is 84.9 Å². The number of aromatic amines is 1. The van der Waals surface area contributed by atoms with Gasteiger partial charge in [-0.3, -0.25) is 9.59 Å². The number of aromatic nitrogens is 3. The largest absolute Gasteiger partial charge is 0.469 e. The standard InChI is InChI=1S/C17H14ClN3O3S2/c1-24-15(23)7-12-6-14(22)21-17(20-12)26-9-13-8-25-16(19-13)10-2-4-11(18)5-3-10/h2-6,8H,7,9H2,1H3,(H,20,21,22). The number of hydrogen-bond donors (Lipinski definition) is 1. The zero-order chi connectivity index (χ0) is 18.5. The number of H-pyrrole nitrogens is 1. The SMILES string of the molecule is COC(=O)Cc1cc(=O)[nH]c(SCc2csc(-c3ccc(Cl)cc3)n2)n1. The number of nitrogens with zero attached hydrogens (tertiary/aromatic N) is 2. The van der Waals surface area contributed by atoms with E-state index in [1.165, 1.54) is 24.9 Å². The number of nitrogens with one attached hydrogen (secondary N) is 1. The van der Waals surface area contributed by atoms with Crippen molar-refractivity contribution >= 4 is 40.7 Å². The van der Waals surface area contributed by atoms with Crippen LogP contribution in [-0.4, -0.2) is 28.0 Å². The van der Waals surface area contributed by atoms with E-state index in [4.69, 9.17) is 11.6 Å². The first kappa shape index (κ1) is 18.6. The maximum atomic E-state index is 11.7. The second-order valence-corrected chi connectivity index (χ2v) is 7.49. The minimum absolute atomic E-state index is 0.0363. The normalized spacial score (nSPS) is 10.7. The maximum Gasteiger partial charge on any atom is 0.311 e. The Morgan fingerprint density at radius 1 is 1.27 bits per heavy atom. The number of carbonyl (C=O) groups excluding carboxylic acids is 1. The molecule has 0 saturated heterocycles. The molecule has 1 aromatic carbocycles. The number of methoxy groups -OCH3 is 1. The highest BCUT2D eigenvalue weighted by molar-refractivity contribution is 7.98. The van der Waals surface area contributed by atoms with Gasteiger partial charge in [-0.25, -0.2) is 9.97 Å². The van der Waals surface area contributed by atoms with Gasteiger partial charge in [-0.05, 0) is 12.1 Å². The van der Waals surface area contributed by atoms with E-state index in [1.807, 2.05) is 29.6 Å². The lowest BCUT2D eigenvalue weighted by Gasteiger charge is -2.02. The minimum Gasteiger partial charge on any atom is -0.469 e. The molecule has 3 aromatic rings. The van der Waals surface area contributed by atoms with Crippen LogP contribution in [0.3, 0.4) is 0 Å². The van der Waals surface area contributed by atoms with Gasteiger partial charge >= 0.3 is 5.97 Å². The van der Waals surface area contributed by atoms with Crippen LogP contribution < -0.4 is 5.56 Å². The first-order chi connectivity index (χ1) is 12.5. The molecule has 2 aromatic heterocycles. The van der Waals surface area contributed by atoms with E-state index in [0.717, 1.165) is 16.3 Å². The van der Waals surface area contributed by atoms with Crippen molar-refractivity contribution in [3.05, 3.63) is 62.5 Å². The summed E-state index contributed by atoms with van der Waals surface area (Å²) in [5.41, 5.74) is 1.96. The van der Waals surface area contributed by atoms with Gasteiger partial charge in [0.25, 0.3) is 5.56 Å². The number of benzene rings is 1. The van der Waals surface area contributed by atoms with Gasteiger partial charge in [0.15, 0.2) is 5.16 Å². The molecule has 2 heterocycles. The Kier molecular flexibility index (Phi) is 6.08. The lowest BCUT2D eigenvalue weighted by molar-refractivity contribution is -0.139. The Morgan fingerprint density at radius 3 is 2.77 bits per heavy atom. The van der Waals surface area contributed by atoms with Gasteiger partial charge in [0, 0.05) is 27.8 Å². The van der Waals surface area contributed by atoms with Crippen LogP contribution in [0.5, 0.6) is 0 Å². The lowest BCUT2D eigenvalue weighted by Crippen LogP contribution is -2.13. The summed E-state index contributed by atoms with van der Waals surface area (Å²) in [5, 5.41) is 3.99. The second kappa shape index (κ2) is 8.48. The summed E-state index contributed by atoms with van der Waals surface area (Å²) in [4.78, 5) is 34.6. The number of carbonyl (C=O) groups is 1. The first-order valence-corrected chi connectivity index (χ1v) is 9.78. The van der Waals surface area contributed by atoms with Crippen molar-refractivity contribution < 1.29 is 9.53 Å². The molecule has 0 aliphatic rings. The zero-order valence-electron chi connectivity index (χ0n) is 13.7. The smallest absolute Gasteiger partial charge is 0.311 e. The molecule has 0 fully saturated rings. The molecule has 0 radical (unpaired) electrons. The van der Waals surface area contributed by atoms with Crippen LogP contribution in [0.2, 0.25) is 5.02 Å². The molecule has 0 spiro atoms. The quantitative estimate of drug-likeness (QED) is 0.382. The molecular weight excluding hydrogens is 394 g/mol. The number of esters is 1. The van der Waals surface area contributed by atoms with Crippen molar-refractivity contribution in [3.8, 4) is 10.6 Å². The molecule has 134 valence electrons. The highest BCUT2D eigenvalue weighted by atomic mass is 35.5. The Hall–Kier alpha value is -2.16. The molecule has 6 nitrogen and oxygen atoms in total. The number of halogens is 1. The summed E-state index contributed by atoms with van der Waals surface area (Å²) in [6.45, 7) is 0. The highest BCUT2D eigenvalue weighted by Crippen LogP contribution is 2.27. The monoisotopic (exact) mass is 407 g/mol. The van der Waals surface area contributed by atoms with Crippen LogP contribution >= 0.6 is 34.7 Å². The third-order valence-electron chi connectivity index (χ3n) is 3.33. The minimum atomic E-state index is -0.439. The van der Waals surface area contributed by atoms with Gasteiger partial charge in [0.2, 0.25) is 0 Å². The number of hydrogen-bond acceptors (Lipinski definition) is 7. The number of ether oxygens (including phenoxy) is 1. The summed E-state index contributed by atoms with van der Waals surface area (Å²) in [6.07, 6.45) is -0.0363. The van der Waals surface area contributed by atoms with Crippen molar-refractivity contribution in [2.75, 3.05) is 7.11 Å². The summed E-state index contributed by atoms with van der Waals surface area (Å²) in [6, 6.07) is 8.80. The first-order valence-electron chi connectivity index (χ1n) is 7.53.